The van der Waals surface area contributed by atoms with Gasteiger partial charge in [0.1, 0.15) is 11.6 Å². The standard InChI is InChI=1S/C19H22FNO3S/c1-13-10-18(11-14(2)19(13)24-3)25(22,23)21(17-8-9-17)12-15-4-6-16(20)7-5-15/h4-7,10-11,17H,8-9,12H2,1-3H3. The van der Waals surface area contributed by atoms with Crippen LogP contribution in [-0.2, 0) is 16.6 Å². The monoisotopic (exact) mass is 363 g/mol. The summed E-state index contributed by atoms with van der Waals surface area (Å²) in [6, 6.07) is 9.29. The lowest BCUT2D eigenvalue weighted by atomic mass is 10.1. The van der Waals surface area contributed by atoms with Gasteiger partial charge in [-0.25, -0.2) is 12.8 Å². The maximum absolute atomic E-state index is 13.2. The van der Waals surface area contributed by atoms with E-state index < -0.39 is 10.0 Å². The van der Waals surface area contributed by atoms with Crippen molar-refractivity contribution in [2.75, 3.05) is 7.11 Å². The van der Waals surface area contributed by atoms with Crippen molar-refractivity contribution >= 4 is 10.0 Å². The average molecular weight is 363 g/mol. The molecule has 25 heavy (non-hydrogen) atoms. The quantitative estimate of drug-likeness (QED) is 0.784. The van der Waals surface area contributed by atoms with Crippen LogP contribution in [0.3, 0.4) is 0 Å². The highest BCUT2D eigenvalue weighted by Gasteiger charge is 2.38. The van der Waals surface area contributed by atoms with Gasteiger partial charge in [-0.3, -0.25) is 0 Å². The first-order valence-corrected chi connectivity index (χ1v) is 9.68. The molecule has 1 saturated carbocycles. The molecule has 0 atom stereocenters. The molecular weight excluding hydrogens is 341 g/mol. The van der Waals surface area contributed by atoms with Crippen LogP contribution in [0.5, 0.6) is 5.75 Å². The summed E-state index contributed by atoms with van der Waals surface area (Å²) in [7, 11) is -2.05. The normalized spacial score (nSPS) is 14.8. The highest BCUT2D eigenvalue weighted by molar-refractivity contribution is 7.89. The van der Waals surface area contributed by atoms with Crippen molar-refractivity contribution < 1.29 is 17.5 Å². The summed E-state index contributed by atoms with van der Waals surface area (Å²) in [5.74, 6) is 0.376. The molecule has 0 amide bonds. The molecule has 0 bridgehead atoms. The van der Waals surface area contributed by atoms with Gasteiger partial charge in [0.25, 0.3) is 0 Å². The van der Waals surface area contributed by atoms with Crippen molar-refractivity contribution in [1.29, 1.82) is 0 Å². The van der Waals surface area contributed by atoms with Crippen LogP contribution in [0.2, 0.25) is 0 Å². The number of halogens is 1. The Bertz CT molecular complexity index is 851. The van der Waals surface area contributed by atoms with E-state index in [1.807, 2.05) is 13.8 Å². The summed E-state index contributed by atoms with van der Waals surface area (Å²) < 4.78 is 46.4. The molecule has 1 fully saturated rings. The maximum Gasteiger partial charge on any atom is 0.243 e. The minimum absolute atomic E-state index is 0.0118. The van der Waals surface area contributed by atoms with E-state index in [2.05, 4.69) is 0 Å². The van der Waals surface area contributed by atoms with Gasteiger partial charge >= 0.3 is 0 Å². The van der Waals surface area contributed by atoms with Gasteiger partial charge in [0.15, 0.2) is 0 Å². The van der Waals surface area contributed by atoms with E-state index in [1.54, 1.807) is 31.4 Å². The summed E-state index contributed by atoms with van der Waals surface area (Å²) >= 11 is 0. The number of aryl methyl sites for hydroxylation is 2. The number of ether oxygens (including phenoxy) is 1. The van der Waals surface area contributed by atoms with Crippen LogP contribution in [0.4, 0.5) is 4.39 Å². The van der Waals surface area contributed by atoms with Crippen molar-refractivity contribution in [1.82, 2.24) is 4.31 Å². The van der Waals surface area contributed by atoms with Gasteiger partial charge < -0.3 is 4.74 Å². The second kappa shape index (κ2) is 6.77. The number of hydrogen-bond donors (Lipinski definition) is 0. The smallest absolute Gasteiger partial charge is 0.243 e. The molecule has 0 N–H and O–H groups in total. The van der Waals surface area contributed by atoms with E-state index in [1.165, 1.54) is 16.4 Å². The topological polar surface area (TPSA) is 46.6 Å². The lowest BCUT2D eigenvalue weighted by Crippen LogP contribution is -2.32. The predicted octanol–water partition coefficient (Wildman–Crippen LogP) is 3.80. The molecule has 1 aliphatic carbocycles. The van der Waals surface area contributed by atoms with Crippen LogP contribution < -0.4 is 4.74 Å². The molecule has 0 saturated heterocycles. The van der Waals surface area contributed by atoms with E-state index in [4.69, 9.17) is 4.74 Å². The van der Waals surface area contributed by atoms with Crippen molar-refractivity contribution in [2.45, 2.75) is 44.2 Å². The largest absolute Gasteiger partial charge is 0.496 e. The summed E-state index contributed by atoms with van der Waals surface area (Å²) in [4.78, 5) is 0.275. The van der Waals surface area contributed by atoms with E-state index >= 15 is 0 Å². The Morgan fingerprint density at radius 1 is 1.12 bits per heavy atom. The first-order valence-electron chi connectivity index (χ1n) is 8.24. The summed E-state index contributed by atoms with van der Waals surface area (Å²) in [5, 5.41) is 0. The molecule has 0 aromatic heterocycles. The highest BCUT2D eigenvalue weighted by atomic mass is 32.2. The van der Waals surface area contributed by atoms with Crippen LogP contribution in [0.1, 0.15) is 29.5 Å². The summed E-state index contributed by atoms with van der Waals surface area (Å²) in [6.07, 6.45) is 1.71. The second-order valence-electron chi connectivity index (χ2n) is 6.50. The number of rotatable bonds is 6. The summed E-state index contributed by atoms with van der Waals surface area (Å²) in [5.41, 5.74) is 2.36. The van der Waals surface area contributed by atoms with Gasteiger partial charge in [0.2, 0.25) is 10.0 Å². The van der Waals surface area contributed by atoms with Crippen molar-refractivity contribution in [3.8, 4) is 5.75 Å². The Morgan fingerprint density at radius 3 is 2.16 bits per heavy atom. The Hall–Kier alpha value is -1.92. The molecule has 0 radical (unpaired) electrons. The minimum atomic E-state index is -3.63. The van der Waals surface area contributed by atoms with Gasteiger partial charge in [-0.15, -0.1) is 0 Å². The zero-order valence-electron chi connectivity index (χ0n) is 14.6. The molecule has 2 aromatic carbocycles. The fourth-order valence-corrected chi connectivity index (χ4v) is 4.90. The predicted molar refractivity (Wildman–Crippen MR) is 94.6 cm³/mol. The van der Waals surface area contributed by atoms with Gasteiger partial charge in [0, 0.05) is 12.6 Å². The van der Waals surface area contributed by atoms with E-state index in [-0.39, 0.29) is 23.3 Å². The third-order valence-electron chi connectivity index (χ3n) is 4.45. The fraction of sp³-hybridized carbons (Fsp3) is 0.368. The highest BCUT2D eigenvalue weighted by Crippen LogP contribution is 2.35. The van der Waals surface area contributed by atoms with Gasteiger partial charge in [-0.1, -0.05) is 12.1 Å². The molecular formula is C19H22FNO3S. The first-order chi connectivity index (χ1) is 11.8. The zero-order chi connectivity index (χ0) is 18.2. The van der Waals surface area contributed by atoms with Crippen molar-refractivity contribution in [3.05, 3.63) is 58.9 Å². The van der Waals surface area contributed by atoms with Gasteiger partial charge in [-0.05, 0) is 67.6 Å². The molecule has 2 aromatic rings. The summed E-state index contributed by atoms with van der Waals surface area (Å²) in [6.45, 7) is 3.93. The molecule has 4 nitrogen and oxygen atoms in total. The third-order valence-corrected chi connectivity index (χ3v) is 6.33. The maximum atomic E-state index is 13.2. The fourth-order valence-electron chi connectivity index (χ4n) is 3.06. The molecule has 1 aliphatic rings. The lowest BCUT2D eigenvalue weighted by Gasteiger charge is -2.23. The third kappa shape index (κ3) is 3.70. The van der Waals surface area contributed by atoms with E-state index in [0.717, 1.165) is 29.5 Å². The SMILES string of the molecule is COc1c(C)cc(S(=O)(=O)N(Cc2ccc(F)cc2)C2CC2)cc1C. The molecule has 0 aliphatic heterocycles. The van der Waals surface area contributed by atoms with Crippen LogP contribution >= 0.6 is 0 Å². The average Bonchev–Trinajstić information content (AvgIpc) is 3.38. The van der Waals surface area contributed by atoms with Gasteiger partial charge in [0.05, 0.1) is 12.0 Å². The van der Waals surface area contributed by atoms with Crippen LogP contribution in [0.15, 0.2) is 41.3 Å². The van der Waals surface area contributed by atoms with E-state index in [0.29, 0.717) is 5.75 Å². The number of benzene rings is 2. The molecule has 6 heteroatoms. The van der Waals surface area contributed by atoms with Crippen LogP contribution in [-0.4, -0.2) is 25.9 Å². The number of sulfonamides is 1. The number of hydrogen-bond acceptors (Lipinski definition) is 3. The Labute approximate surface area is 148 Å². The lowest BCUT2D eigenvalue weighted by molar-refractivity contribution is 0.397. The Morgan fingerprint density at radius 2 is 1.68 bits per heavy atom. The van der Waals surface area contributed by atoms with Crippen LogP contribution in [0, 0.1) is 19.7 Å². The number of methoxy groups -OCH3 is 1. The number of nitrogens with zero attached hydrogens (tertiary/aromatic N) is 1. The molecule has 0 unspecified atom stereocenters. The minimum Gasteiger partial charge on any atom is -0.496 e. The van der Waals surface area contributed by atoms with Gasteiger partial charge in [-0.2, -0.15) is 4.31 Å². The zero-order valence-corrected chi connectivity index (χ0v) is 15.4. The molecule has 134 valence electrons. The van der Waals surface area contributed by atoms with Crippen molar-refractivity contribution in [3.63, 3.8) is 0 Å². The molecule has 0 heterocycles. The first kappa shape index (κ1) is 17.9. The van der Waals surface area contributed by atoms with Crippen molar-refractivity contribution in [2.24, 2.45) is 0 Å². The van der Waals surface area contributed by atoms with Crippen LogP contribution in [0.25, 0.3) is 0 Å². The Kier molecular flexibility index (Phi) is 4.84. The Balaban J connectivity index is 1.96. The molecule has 0 spiro atoms. The second-order valence-corrected chi connectivity index (χ2v) is 8.39. The van der Waals surface area contributed by atoms with E-state index in [9.17, 15) is 12.8 Å². The molecule has 3 rings (SSSR count).